The maximum absolute atomic E-state index is 13.0. The number of anilines is 1. The highest BCUT2D eigenvalue weighted by molar-refractivity contribution is 6.06. The van der Waals surface area contributed by atoms with Gasteiger partial charge < -0.3 is 14.8 Å². The van der Waals surface area contributed by atoms with Gasteiger partial charge in [-0.3, -0.25) is 4.79 Å². The Morgan fingerprint density at radius 1 is 1.21 bits per heavy atom. The van der Waals surface area contributed by atoms with Crippen molar-refractivity contribution in [1.82, 2.24) is 0 Å². The van der Waals surface area contributed by atoms with Crippen LogP contribution in [0.2, 0.25) is 0 Å². The summed E-state index contributed by atoms with van der Waals surface area (Å²) in [4.78, 5) is 13.0. The Kier molecular flexibility index (Phi) is 6.09. The maximum atomic E-state index is 13.0. The quantitative estimate of drug-likeness (QED) is 0.767. The highest BCUT2D eigenvalue weighted by atomic mass is 16.5. The third-order valence-electron chi connectivity index (χ3n) is 5.39. The smallest absolute Gasteiger partial charge is 0.259 e. The molecule has 1 saturated heterocycles. The van der Waals surface area contributed by atoms with Crippen molar-refractivity contribution in [3.05, 3.63) is 58.7 Å². The van der Waals surface area contributed by atoms with E-state index in [0.29, 0.717) is 11.3 Å². The van der Waals surface area contributed by atoms with Crippen molar-refractivity contribution in [3.8, 4) is 5.75 Å². The van der Waals surface area contributed by atoms with Gasteiger partial charge in [-0.1, -0.05) is 32.9 Å². The largest absolute Gasteiger partial charge is 0.496 e. The van der Waals surface area contributed by atoms with Crippen LogP contribution >= 0.6 is 0 Å². The molecule has 1 aliphatic rings. The Balaban J connectivity index is 1.82. The third-order valence-corrected chi connectivity index (χ3v) is 5.39. The molecule has 1 atom stereocenters. The Hall–Kier alpha value is -2.33. The number of methoxy groups -OCH3 is 1. The molecule has 150 valence electrons. The lowest BCUT2D eigenvalue weighted by molar-refractivity contribution is 0.102. The molecule has 2 aromatic carbocycles. The van der Waals surface area contributed by atoms with Crippen molar-refractivity contribution in [3.63, 3.8) is 0 Å². The number of aryl methyl sites for hydroxylation is 1. The van der Waals surface area contributed by atoms with Gasteiger partial charge in [0.05, 0.1) is 18.8 Å². The van der Waals surface area contributed by atoms with Gasteiger partial charge in [0.25, 0.3) is 5.91 Å². The molecule has 1 aliphatic heterocycles. The molecule has 28 heavy (non-hydrogen) atoms. The molecule has 3 rings (SSSR count). The molecule has 4 nitrogen and oxygen atoms in total. The highest BCUT2D eigenvalue weighted by Gasteiger charge is 2.20. The predicted octanol–water partition coefficient (Wildman–Crippen LogP) is 5.27. The van der Waals surface area contributed by atoms with E-state index in [9.17, 15) is 4.79 Å². The zero-order valence-electron chi connectivity index (χ0n) is 17.6. The summed E-state index contributed by atoms with van der Waals surface area (Å²) in [6, 6.07) is 11.9. The Bertz CT molecular complexity index is 845. The van der Waals surface area contributed by atoms with Crippen molar-refractivity contribution >= 4 is 11.6 Å². The molecule has 1 unspecified atom stereocenters. The topological polar surface area (TPSA) is 47.6 Å². The minimum absolute atomic E-state index is 0.0421. The van der Waals surface area contributed by atoms with Gasteiger partial charge in [-0.2, -0.15) is 0 Å². The van der Waals surface area contributed by atoms with E-state index in [1.54, 1.807) is 7.11 Å². The molecule has 0 saturated carbocycles. The lowest BCUT2D eigenvalue weighted by Crippen LogP contribution is -2.17. The highest BCUT2D eigenvalue weighted by Crippen LogP contribution is 2.29. The van der Waals surface area contributed by atoms with Crippen LogP contribution in [0.4, 0.5) is 5.69 Å². The SMILES string of the molecule is COc1ccc(C(C)(C)C)cc1C(=O)Nc1ccc(C)c(CC2CCCO2)c1. The van der Waals surface area contributed by atoms with Gasteiger partial charge in [0, 0.05) is 12.3 Å². The van der Waals surface area contributed by atoms with E-state index in [0.717, 1.165) is 37.1 Å². The monoisotopic (exact) mass is 381 g/mol. The van der Waals surface area contributed by atoms with Crippen LogP contribution in [0, 0.1) is 6.92 Å². The summed E-state index contributed by atoms with van der Waals surface area (Å²) in [5.74, 6) is 0.423. The van der Waals surface area contributed by atoms with Crippen molar-refractivity contribution in [2.75, 3.05) is 19.0 Å². The van der Waals surface area contributed by atoms with Crippen LogP contribution < -0.4 is 10.1 Å². The fourth-order valence-corrected chi connectivity index (χ4v) is 3.57. The summed E-state index contributed by atoms with van der Waals surface area (Å²) in [6.45, 7) is 9.35. The van der Waals surface area contributed by atoms with E-state index in [1.807, 2.05) is 24.3 Å². The Morgan fingerprint density at radius 3 is 2.64 bits per heavy atom. The molecule has 0 spiro atoms. The second-order valence-corrected chi connectivity index (χ2v) is 8.60. The van der Waals surface area contributed by atoms with E-state index < -0.39 is 0 Å². The molecule has 0 radical (unpaired) electrons. The number of rotatable bonds is 5. The number of benzene rings is 2. The fraction of sp³-hybridized carbons (Fsp3) is 0.458. The normalized spacial score (nSPS) is 16.8. The zero-order valence-corrected chi connectivity index (χ0v) is 17.6. The van der Waals surface area contributed by atoms with Crippen LogP contribution in [-0.2, 0) is 16.6 Å². The van der Waals surface area contributed by atoms with Gasteiger partial charge in [-0.25, -0.2) is 0 Å². The van der Waals surface area contributed by atoms with Gasteiger partial charge in [0.15, 0.2) is 0 Å². The number of carbonyl (C=O) groups is 1. The number of carbonyl (C=O) groups excluding carboxylic acids is 1. The summed E-state index contributed by atoms with van der Waals surface area (Å²) < 4.78 is 11.2. The average Bonchev–Trinajstić information content (AvgIpc) is 3.16. The molecular weight excluding hydrogens is 350 g/mol. The number of nitrogens with one attached hydrogen (secondary N) is 1. The van der Waals surface area contributed by atoms with E-state index in [4.69, 9.17) is 9.47 Å². The molecule has 2 aromatic rings. The molecule has 1 heterocycles. The van der Waals surface area contributed by atoms with E-state index in [1.165, 1.54) is 11.1 Å². The first-order chi connectivity index (χ1) is 13.3. The predicted molar refractivity (Wildman–Crippen MR) is 114 cm³/mol. The lowest BCUT2D eigenvalue weighted by atomic mass is 9.86. The van der Waals surface area contributed by atoms with Crippen LogP contribution in [0.3, 0.4) is 0 Å². The Labute approximate surface area is 168 Å². The molecule has 1 fully saturated rings. The third kappa shape index (κ3) is 4.74. The van der Waals surface area contributed by atoms with Crippen LogP contribution in [0.5, 0.6) is 5.75 Å². The molecular formula is C24H31NO3. The van der Waals surface area contributed by atoms with E-state index >= 15 is 0 Å². The van der Waals surface area contributed by atoms with E-state index in [-0.39, 0.29) is 17.4 Å². The fourth-order valence-electron chi connectivity index (χ4n) is 3.57. The molecule has 1 amide bonds. The lowest BCUT2D eigenvalue weighted by Gasteiger charge is -2.21. The molecule has 0 aliphatic carbocycles. The number of hydrogen-bond donors (Lipinski definition) is 1. The summed E-state index contributed by atoms with van der Waals surface area (Å²) in [5, 5.41) is 3.04. The summed E-state index contributed by atoms with van der Waals surface area (Å²) in [7, 11) is 1.59. The van der Waals surface area contributed by atoms with Crippen LogP contribution in [-0.4, -0.2) is 25.7 Å². The first-order valence-corrected chi connectivity index (χ1v) is 9.99. The van der Waals surface area contributed by atoms with Crippen molar-refractivity contribution in [1.29, 1.82) is 0 Å². The van der Waals surface area contributed by atoms with Gasteiger partial charge in [-0.05, 0) is 72.6 Å². The maximum Gasteiger partial charge on any atom is 0.259 e. The number of hydrogen-bond acceptors (Lipinski definition) is 3. The Morgan fingerprint density at radius 2 is 2.00 bits per heavy atom. The minimum Gasteiger partial charge on any atom is -0.496 e. The van der Waals surface area contributed by atoms with Gasteiger partial charge in [0.1, 0.15) is 5.75 Å². The first-order valence-electron chi connectivity index (χ1n) is 9.99. The van der Waals surface area contributed by atoms with Gasteiger partial charge in [0.2, 0.25) is 0 Å². The van der Waals surface area contributed by atoms with Crippen LogP contribution in [0.15, 0.2) is 36.4 Å². The van der Waals surface area contributed by atoms with E-state index in [2.05, 4.69) is 45.1 Å². The summed E-state index contributed by atoms with van der Waals surface area (Å²) in [6.07, 6.45) is 3.41. The molecule has 1 N–H and O–H groups in total. The molecule has 0 aromatic heterocycles. The van der Waals surface area contributed by atoms with Crippen molar-refractivity contribution < 1.29 is 14.3 Å². The standard InChI is InChI=1S/C24H31NO3/c1-16-8-10-19(13-17(16)14-20-7-6-12-28-20)25-23(26)21-15-18(24(2,3)4)9-11-22(21)27-5/h8-11,13,15,20H,6-7,12,14H2,1-5H3,(H,25,26). The average molecular weight is 382 g/mol. The van der Waals surface area contributed by atoms with Gasteiger partial charge >= 0.3 is 0 Å². The number of ether oxygens (including phenoxy) is 2. The van der Waals surface area contributed by atoms with Crippen molar-refractivity contribution in [2.24, 2.45) is 0 Å². The zero-order chi connectivity index (χ0) is 20.3. The molecule has 4 heteroatoms. The first kappa shape index (κ1) is 20.4. The minimum atomic E-state index is -0.158. The van der Waals surface area contributed by atoms with Crippen molar-refractivity contribution in [2.45, 2.75) is 58.5 Å². The molecule has 0 bridgehead atoms. The van der Waals surface area contributed by atoms with Gasteiger partial charge in [-0.15, -0.1) is 0 Å². The summed E-state index contributed by atoms with van der Waals surface area (Å²) in [5.41, 5.74) is 4.85. The van der Waals surface area contributed by atoms with Crippen LogP contribution in [0.25, 0.3) is 0 Å². The summed E-state index contributed by atoms with van der Waals surface area (Å²) >= 11 is 0. The second-order valence-electron chi connectivity index (χ2n) is 8.60. The number of amides is 1. The second kappa shape index (κ2) is 8.36. The van der Waals surface area contributed by atoms with Crippen LogP contribution in [0.1, 0.15) is 60.7 Å².